The molecule has 1 amide bonds. The van der Waals surface area contributed by atoms with Crippen molar-refractivity contribution >= 4 is 28.6 Å². The zero-order chi connectivity index (χ0) is 21.0. The van der Waals surface area contributed by atoms with Crippen molar-refractivity contribution < 1.29 is 14.3 Å². The van der Waals surface area contributed by atoms with Gasteiger partial charge in [0.1, 0.15) is 12.4 Å². The second-order valence-corrected chi connectivity index (χ2v) is 6.73. The van der Waals surface area contributed by atoms with E-state index in [2.05, 4.69) is 15.4 Å². The second-order valence-electron chi connectivity index (χ2n) is 6.73. The van der Waals surface area contributed by atoms with E-state index in [1.54, 1.807) is 41.2 Å². The number of rotatable bonds is 7. The molecule has 0 bridgehead atoms. The molecule has 0 saturated carbocycles. The maximum absolute atomic E-state index is 12.5. The molecule has 0 radical (unpaired) electrons. The zero-order valence-corrected chi connectivity index (χ0v) is 16.5. The summed E-state index contributed by atoms with van der Waals surface area (Å²) >= 11 is 0. The molecular weight excluding hydrogens is 374 g/mol. The fraction of sp³-hybridized carbons (Fsp3) is 0.350. The summed E-state index contributed by atoms with van der Waals surface area (Å²) in [7, 11) is 0. The first kappa shape index (κ1) is 20.2. The van der Waals surface area contributed by atoms with Crippen LogP contribution in [0.2, 0.25) is 0 Å². The Morgan fingerprint density at radius 2 is 1.97 bits per heavy atom. The van der Waals surface area contributed by atoms with E-state index in [0.717, 1.165) is 11.0 Å². The maximum atomic E-state index is 12.5. The van der Waals surface area contributed by atoms with Crippen LogP contribution in [0.3, 0.4) is 0 Å². The van der Waals surface area contributed by atoms with Gasteiger partial charge in [0.2, 0.25) is 0 Å². The summed E-state index contributed by atoms with van der Waals surface area (Å²) in [6, 6.07) is 8.66. The van der Waals surface area contributed by atoms with Crippen LogP contribution >= 0.6 is 0 Å². The van der Waals surface area contributed by atoms with Crippen LogP contribution in [-0.2, 0) is 20.9 Å². The van der Waals surface area contributed by atoms with Crippen LogP contribution in [0.25, 0.3) is 10.9 Å². The van der Waals surface area contributed by atoms with E-state index in [9.17, 15) is 14.4 Å². The van der Waals surface area contributed by atoms with Crippen molar-refractivity contribution in [2.24, 2.45) is 0 Å². The fourth-order valence-corrected chi connectivity index (χ4v) is 2.81. The third-order valence-electron chi connectivity index (χ3n) is 4.64. The topological polar surface area (TPSA) is 108 Å². The largest absolute Gasteiger partial charge is 0.451 e. The van der Waals surface area contributed by atoms with E-state index in [1.807, 2.05) is 13.8 Å². The van der Waals surface area contributed by atoms with Gasteiger partial charge < -0.3 is 10.1 Å². The van der Waals surface area contributed by atoms with Crippen molar-refractivity contribution in [3.8, 4) is 0 Å². The molecule has 0 spiro atoms. The van der Waals surface area contributed by atoms with Crippen molar-refractivity contribution in [1.82, 2.24) is 19.3 Å². The van der Waals surface area contributed by atoms with Gasteiger partial charge in [0.05, 0.1) is 29.5 Å². The quantitative estimate of drug-likeness (QED) is 0.612. The molecule has 1 N–H and O–H groups in total. The average molecular weight is 397 g/mol. The molecule has 3 rings (SSSR count). The van der Waals surface area contributed by atoms with Gasteiger partial charge in [-0.25, -0.2) is 9.67 Å². The number of esters is 1. The number of nitrogens with zero attached hydrogens (tertiary/aromatic N) is 4. The predicted molar refractivity (Wildman–Crippen MR) is 107 cm³/mol. The standard InChI is InChI=1S/C20H23N5O4/c1-4-13(2)25-17(9-10-22-25)23-19(27)14(3)29-18(26)11-24-12-21-16-8-6-5-7-15(16)20(24)28/h5-10,12-14H,4,11H2,1-3H3,(H,23,27)/t13-,14-/m0/s1. The smallest absolute Gasteiger partial charge is 0.326 e. The molecule has 29 heavy (non-hydrogen) atoms. The van der Waals surface area contributed by atoms with Crippen molar-refractivity contribution in [1.29, 1.82) is 0 Å². The molecule has 1 aromatic carbocycles. The Balaban J connectivity index is 1.63. The molecule has 9 heteroatoms. The third-order valence-corrected chi connectivity index (χ3v) is 4.64. The number of aromatic nitrogens is 4. The monoisotopic (exact) mass is 397 g/mol. The number of benzene rings is 1. The molecule has 2 atom stereocenters. The molecule has 2 aromatic heterocycles. The average Bonchev–Trinajstić information content (AvgIpc) is 3.17. The Hall–Kier alpha value is -3.49. The van der Waals surface area contributed by atoms with Crippen molar-refractivity contribution in [3.63, 3.8) is 0 Å². The van der Waals surface area contributed by atoms with Crippen LogP contribution in [0, 0.1) is 0 Å². The minimum Gasteiger partial charge on any atom is -0.451 e. The number of hydrogen-bond acceptors (Lipinski definition) is 6. The molecule has 0 fully saturated rings. The highest BCUT2D eigenvalue weighted by atomic mass is 16.5. The van der Waals surface area contributed by atoms with Crippen LogP contribution in [0.5, 0.6) is 0 Å². The number of hydrogen-bond donors (Lipinski definition) is 1. The van der Waals surface area contributed by atoms with Gasteiger partial charge in [-0.3, -0.25) is 19.0 Å². The first-order chi connectivity index (χ1) is 13.9. The Kier molecular flexibility index (Phi) is 6.06. The molecule has 0 unspecified atom stereocenters. The number of anilines is 1. The van der Waals surface area contributed by atoms with Gasteiger partial charge in [0.15, 0.2) is 6.10 Å². The summed E-state index contributed by atoms with van der Waals surface area (Å²) in [6.45, 7) is 5.14. The number of carbonyl (C=O) groups is 2. The number of para-hydroxylation sites is 1. The van der Waals surface area contributed by atoms with Crippen LogP contribution in [0.4, 0.5) is 5.82 Å². The lowest BCUT2D eigenvalue weighted by atomic mass is 10.2. The SMILES string of the molecule is CC[C@H](C)n1nccc1NC(=O)[C@H](C)OC(=O)Cn1cnc2ccccc2c1=O. The maximum Gasteiger partial charge on any atom is 0.326 e. The van der Waals surface area contributed by atoms with Crippen molar-refractivity contribution in [3.05, 3.63) is 53.2 Å². The third kappa shape index (κ3) is 4.50. The van der Waals surface area contributed by atoms with Gasteiger partial charge in [0, 0.05) is 6.07 Å². The van der Waals surface area contributed by atoms with E-state index in [0.29, 0.717) is 16.7 Å². The fourth-order valence-electron chi connectivity index (χ4n) is 2.81. The lowest BCUT2D eigenvalue weighted by molar-refractivity contribution is -0.153. The van der Waals surface area contributed by atoms with Crippen molar-refractivity contribution in [2.75, 3.05) is 5.32 Å². The lowest BCUT2D eigenvalue weighted by Crippen LogP contribution is -2.33. The molecule has 9 nitrogen and oxygen atoms in total. The van der Waals surface area contributed by atoms with Crippen LogP contribution in [0.1, 0.15) is 33.2 Å². The normalized spacial score (nSPS) is 13.1. The number of ether oxygens (including phenoxy) is 1. The number of nitrogens with one attached hydrogen (secondary N) is 1. The van der Waals surface area contributed by atoms with Gasteiger partial charge in [-0.1, -0.05) is 19.1 Å². The molecule has 0 aliphatic rings. The van der Waals surface area contributed by atoms with Gasteiger partial charge in [-0.2, -0.15) is 5.10 Å². The van der Waals surface area contributed by atoms with Crippen LogP contribution in [-0.4, -0.2) is 37.3 Å². The van der Waals surface area contributed by atoms with Gasteiger partial charge in [-0.15, -0.1) is 0 Å². The number of fused-ring (bicyclic) bond motifs is 1. The second kappa shape index (κ2) is 8.68. The molecule has 0 aliphatic carbocycles. The summed E-state index contributed by atoms with van der Waals surface area (Å²) in [6.07, 6.45) is 2.70. The molecule has 0 aliphatic heterocycles. The Bertz CT molecular complexity index is 1090. The summed E-state index contributed by atoms with van der Waals surface area (Å²) in [5.41, 5.74) is 0.204. The van der Waals surface area contributed by atoms with E-state index < -0.39 is 18.0 Å². The highest BCUT2D eigenvalue weighted by Gasteiger charge is 2.20. The summed E-state index contributed by atoms with van der Waals surface area (Å²) < 4.78 is 8.05. The van der Waals surface area contributed by atoms with Crippen molar-refractivity contribution in [2.45, 2.75) is 45.9 Å². The lowest BCUT2D eigenvalue weighted by Gasteiger charge is -2.17. The first-order valence-electron chi connectivity index (χ1n) is 9.38. The predicted octanol–water partition coefficient (Wildman–Crippen LogP) is 2.13. The molecule has 152 valence electrons. The molecule has 3 aromatic rings. The van der Waals surface area contributed by atoms with Crippen LogP contribution < -0.4 is 10.9 Å². The highest BCUT2D eigenvalue weighted by Crippen LogP contribution is 2.16. The number of carbonyl (C=O) groups excluding carboxylic acids is 2. The van der Waals surface area contributed by atoms with Gasteiger partial charge in [0.25, 0.3) is 11.5 Å². The molecule has 0 saturated heterocycles. The molecule has 2 heterocycles. The van der Waals surface area contributed by atoms with Gasteiger partial charge in [-0.05, 0) is 32.4 Å². The zero-order valence-electron chi connectivity index (χ0n) is 16.5. The number of amides is 1. The Morgan fingerprint density at radius 3 is 2.72 bits per heavy atom. The minimum atomic E-state index is -1.04. The van der Waals surface area contributed by atoms with Crippen LogP contribution in [0.15, 0.2) is 47.7 Å². The van der Waals surface area contributed by atoms with Gasteiger partial charge >= 0.3 is 5.97 Å². The van der Waals surface area contributed by atoms with E-state index in [-0.39, 0.29) is 18.1 Å². The van der Waals surface area contributed by atoms with E-state index in [4.69, 9.17) is 4.74 Å². The Morgan fingerprint density at radius 1 is 1.21 bits per heavy atom. The summed E-state index contributed by atoms with van der Waals surface area (Å²) in [5.74, 6) is -0.656. The molecular formula is C20H23N5O4. The van der Waals surface area contributed by atoms with E-state index in [1.165, 1.54) is 13.3 Å². The first-order valence-corrected chi connectivity index (χ1v) is 9.38. The summed E-state index contributed by atoms with van der Waals surface area (Å²) in [5, 5.41) is 7.32. The summed E-state index contributed by atoms with van der Waals surface area (Å²) in [4.78, 5) is 41.2. The highest BCUT2D eigenvalue weighted by molar-refractivity contribution is 5.94. The Labute approximate surface area is 167 Å². The van der Waals surface area contributed by atoms with E-state index >= 15 is 0 Å². The minimum absolute atomic E-state index is 0.116.